The van der Waals surface area contributed by atoms with Crippen LogP contribution < -0.4 is 4.74 Å². The summed E-state index contributed by atoms with van der Waals surface area (Å²) < 4.78 is 23.1. The molecule has 1 unspecified atom stereocenters. The lowest BCUT2D eigenvalue weighted by Gasteiger charge is -2.26. The molecule has 3 aromatic carbocycles. The van der Waals surface area contributed by atoms with Crippen LogP contribution in [-0.2, 0) is 14.2 Å². The van der Waals surface area contributed by atoms with Gasteiger partial charge in [-0.1, -0.05) is 72.7 Å². The van der Waals surface area contributed by atoms with Crippen LogP contribution >= 0.6 is 0 Å². The van der Waals surface area contributed by atoms with E-state index in [1.165, 1.54) is 0 Å². The van der Waals surface area contributed by atoms with Crippen LogP contribution in [0.1, 0.15) is 31.1 Å². The maximum absolute atomic E-state index is 11.0. The molecule has 0 spiro atoms. The van der Waals surface area contributed by atoms with E-state index in [-0.39, 0.29) is 6.61 Å². The fourth-order valence-corrected chi connectivity index (χ4v) is 4.39. The average Bonchev–Trinajstić information content (AvgIpc) is 3.24. The van der Waals surface area contributed by atoms with Crippen molar-refractivity contribution in [1.82, 2.24) is 0 Å². The molecule has 1 aliphatic rings. The Labute approximate surface area is 212 Å². The van der Waals surface area contributed by atoms with E-state index in [9.17, 15) is 10.2 Å². The van der Waals surface area contributed by atoms with E-state index in [1.807, 2.05) is 78.9 Å². The Kier molecular flexibility index (Phi) is 8.10. The number of rotatable bonds is 9. The van der Waals surface area contributed by atoms with Crippen molar-refractivity contribution >= 4 is 0 Å². The molecule has 0 saturated carbocycles. The van der Waals surface area contributed by atoms with Crippen LogP contribution in [0.2, 0.25) is 0 Å². The summed E-state index contributed by atoms with van der Waals surface area (Å²) >= 11 is 0. The molecule has 2 N–H and O–H groups in total. The second-order valence-electron chi connectivity index (χ2n) is 9.22. The van der Waals surface area contributed by atoms with Crippen molar-refractivity contribution < 1.29 is 29.2 Å². The largest absolute Gasteiger partial charge is 0.497 e. The Morgan fingerprint density at radius 1 is 0.861 bits per heavy atom. The van der Waals surface area contributed by atoms with Gasteiger partial charge in [0.15, 0.2) is 5.79 Å². The molecule has 1 heterocycles. The van der Waals surface area contributed by atoms with Crippen molar-refractivity contribution in [2.75, 3.05) is 13.7 Å². The number of aliphatic hydroxyl groups excluding tert-OH is 2. The van der Waals surface area contributed by atoms with Crippen LogP contribution in [-0.4, -0.2) is 54.1 Å². The molecule has 36 heavy (non-hydrogen) atoms. The van der Waals surface area contributed by atoms with E-state index in [4.69, 9.17) is 25.4 Å². The highest BCUT2D eigenvalue weighted by Gasteiger charge is 2.47. The van der Waals surface area contributed by atoms with Crippen molar-refractivity contribution in [2.45, 2.75) is 50.2 Å². The van der Waals surface area contributed by atoms with Crippen LogP contribution in [0.25, 0.3) is 11.1 Å². The second-order valence-corrected chi connectivity index (χ2v) is 9.22. The first kappa shape index (κ1) is 25.9. The molecule has 0 bridgehead atoms. The number of benzene rings is 3. The number of ether oxygens (including phenoxy) is 4. The quantitative estimate of drug-likeness (QED) is 0.437. The molecule has 5 atom stereocenters. The summed E-state index contributed by atoms with van der Waals surface area (Å²) in [5.41, 5.74) is 4.04. The summed E-state index contributed by atoms with van der Waals surface area (Å²) in [5.74, 6) is 2.09. The normalized spacial score (nSPS) is 21.3. The lowest BCUT2D eigenvalue weighted by Crippen LogP contribution is -2.44. The lowest BCUT2D eigenvalue weighted by atomic mass is 9.97. The molecule has 0 radical (unpaired) electrons. The highest BCUT2D eigenvalue weighted by molar-refractivity contribution is 5.64. The van der Waals surface area contributed by atoms with Crippen molar-refractivity contribution in [3.8, 4) is 29.2 Å². The first-order valence-electron chi connectivity index (χ1n) is 11.9. The molecule has 0 amide bonds. The average molecular weight is 489 g/mol. The summed E-state index contributed by atoms with van der Waals surface area (Å²) in [6, 6.07) is 25.8. The Hall–Kier alpha value is -3.18. The maximum atomic E-state index is 11.0. The van der Waals surface area contributed by atoms with Gasteiger partial charge in [0.2, 0.25) is 0 Å². The Morgan fingerprint density at radius 2 is 1.42 bits per heavy atom. The predicted molar refractivity (Wildman–Crippen MR) is 137 cm³/mol. The molecule has 3 aromatic rings. The number of aliphatic hydroxyl groups is 2. The summed E-state index contributed by atoms with van der Waals surface area (Å²) in [6.45, 7) is 3.39. The van der Waals surface area contributed by atoms with Gasteiger partial charge < -0.3 is 29.2 Å². The second kappa shape index (κ2) is 11.3. The van der Waals surface area contributed by atoms with Gasteiger partial charge in [0.05, 0.1) is 13.7 Å². The van der Waals surface area contributed by atoms with Crippen LogP contribution in [0.15, 0.2) is 78.9 Å². The number of hydrogen-bond donors (Lipinski definition) is 2. The fraction of sp³-hybridized carbons (Fsp3) is 0.333. The van der Waals surface area contributed by atoms with Crippen LogP contribution in [0, 0.1) is 12.3 Å². The van der Waals surface area contributed by atoms with E-state index in [1.54, 1.807) is 21.0 Å². The molecule has 4 rings (SSSR count). The molecule has 1 fully saturated rings. The van der Waals surface area contributed by atoms with Crippen molar-refractivity contribution in [3.05, 3.63) is 90.0 Å². The van der Waals surface area contributed by atoms with Crippen molar-refractivity contribution in [3.63, 3.8) is 0 Å². The van der Waals surface area contributed by atoms with E-state index < -0.39 is 36.3 Å². The zero-order chi connectivity index (χ0) is 25.7. The molecule has 1 saturated heterocycles. The van der Waals surface area contributed by atoms with E-state index in [0.29, 0.717) is 0 Å². The zero-order valence-corrected chi connectivity index (χ0v) is 20.7. The summed E-state index contributed by atoms with van der Waals surface area (Å²) in [6.07, 6.45) is 1.01. The topological polar surface area (TPSA) is 77.4 Å². The molecule has 0 aromatic heterocycles. The van der Waals surface area contributed by atoms with Crippen LogP contribution in [0.4, 0.5) is 0 Å². The maximum Gasteiger partial charge on any atom is 0.164 e. The first-order chi connectivity index (χ1) is 17.3. The number of methoxy groups -OCH3 is 1. The first-order valence-corrected chi connectivity index (χ1v) is 11.9. The minimum Gasteiger partial charge on any atom is -0.497 e. The van der Waals surface area contributed by atoms with Gasteiger partial charge in [-0.25, -0.2) is 0 Å². The number of terminal acetylenes is 1. The lowest BCUT2D eigenvalue weighted by molar-refractivity contribution is -0.162. The monoisotopic (exact) mass is 488 g/mol. The van der Waals surface area contributed by atoms with Gasteiger partial charge in [-0.3, -0.25) is 0 Å². The molecule has 188 valence electrons. The highest BCUT2D eigenvalue weighted by atomic mass is 16.8. The molecular formula is C30H32O6. The van der Waals surface area contributed by atoms with Crippen LogP contribution in [0.5, 0.6) is 5.75 Å². The van der Waals surface area contributed by atoms with Gasteiger partial charge >= 0.3 is 0 Å². The van der Waals surface area contributed by atoms with E-state index in [2.05, 4.69) is 5.92 Å². The van der Waals surface area contributed by atoms with Gasteiger partial charge in [-0.15, -0.1) is 6.42 Å². The van der Waals surface area contributed by atoms with E-state index >= 15 is 0 Å². The standard InChI is InChI=1S/C30H32O6/c1-5-25(31)28-29(36-30(2,3)35-28)26(32)19-34-27(22-9-7-6-8-10-22)23-13-11-20(12-14-23)21-15-17-24(33-4)18-16-21/h1,6-18,25-29,31-32H,19H2,2-4H3/t25?,26-,27-,28+,29-/m1/s1. The Morgan fingerprint density at radius 3 is 2.00 bits per heavy atom. The predicted octanol–water partition coefficient (Wildman–Crippen LogP) is 4.34. The Bertz CT molecular complexity index is 1150. The third-order valence-electron chi connectivity index (χ3n) is 6.20. The highest BCUT2D eigenvalue weighted by Crippen LogP contribution is 2.34. The summed E-state index contributed by atoms with van der Waals surface area (Å²) in [7, 11) is 1.65. The van der Waals surface area contributed by atoms with Gasteiger partial charge in [0.25, 0.3) is 0 Å². The third-order valence-corrected chi connectivity index (χ3v) is 6.20. The molecular weight excluding hydrogens is 456 g/mol. The van der Waals surface area contributed by atoms with Crippen LogP contribution in [0.3, 0.4) is 0 Å². The minimum atomic E-state index is -1.21. The van der Waals surface area contributed by atoms with E-state index in [0.717, 1.165) is 28.0 Å². The SMILES string of the molecule is C#CC(O)[C@@H]1OC(C)(C)O[C@@H]1[C@H](O)CO[C@H](c1ccccc1)c1ccc(-c2ccc(OC)cc2)cc1. The molecule has 6 heteroatoms. The molecule has 1 aliphatic heterocycles. The van der Waals surface area contributed by atoms with Gasteiger partial charge in [0, 0.05) is 0 Å². The Balaban J connectivity index is 1.52. The smallest absolute Gasteiger partial charge is 0.164 e. The van der Waals surface area contributed by atoms with Gasteiger partial charge in [-0.05, 0) is 48.2 Å². The van der Waals surface area contributed by atoms with Gasteiger partial charge in [0.1, 0.15) is 36.3 Å². The third kappa shape index (κ3) is 5.96. The minimum absolute atomic E-state index is 0.0440. The van der Waals surface area contributed by atoms with Crippen molar-refractivity contribution in [2.24, 2.45) is 0 Å². The zero-order valence-electron chi connectivity index (χ0n) is 20.7. The van der Waals surface area contributed by atoms with Gasteiger partial charge in [-0.2, -0.15) is 0 Å². The fourth-order valence-electron chi connectivity index (χ4n) is 4.39. The summed E-state index contributed by atoms with van der Waals surface area (Å²) in [5, 5.41) is 21.1. The summed E-state index contributed by atoms with van der Waals surface area (Å²) in [4.78, 5) is 0. The number of hydrogen-bond acceptors (Lipinski definition) is 6. The van der Waals surface area contributed by atoms with Crippen molar-refractivity contribution in [1.29, 1.82) is 0 Å². The molecule has 6 nitrogen and oxygen atoms in total. The molecule has 0 aliphatic carbocycles.